The van der Waals surface area contributed by atoms with Gasteiger partial charge in [0.05, 0.1) is 5.25 Å². The van der Waals surface area contributed by atoms with Crippen molar-refractivity contribution in [2.45, 2.75) is 24.9 Å². The predicted octanol–water partition coefficient (Wildman–Crippen LogP) is 3.87. The summed E-state index contributed by atoms with van der Waals surface area (Å²) in [7, 11) is 0. The van der Waals surface area contributed by atoms with Crippen molar-refractivity contribution in [3.05, 3.63) is 39.3 Å². The van der Waals surface area contributed by atoms with Crippen LogP contribution in [0.2, 0.25) is 0 Å². The van der Waals surface area contributed by atoms with Crippen LogP contribution in [0.4, 0.5) is 5.13 Å². The van der Waals surface area contributed by atoms with E-state index in [1.807, 2.05) is 26.0 Å². The molecule has 0 fully saturated rings. The molecule has 0 saturated heterocycles. The molecule has 0 aliphatic rings. The highest BCUT2D eigenvalue weighted by Crippen LogP contribution is 2.21. The molecule has 7 heteroatoms. The van der Waals surface area contributed by atoms with Crippen molar-refractivity contribution in [2.24, 2.45) is 0 Å². The Balaban J connectivity index is 1.83. The van der Waals surface area contributed by atoms with E-state index in [0.717, 1.165) is 15.2 Å². The van der Waals surface area contributed by atoms with Crippen molar-refractivity contribution >= 4 is 50.1 Å². The normalized spacial score (nSPS) is 12.2. The quantitative estimate of drug-likeness (QED) is 0.866. The Bertz CT molecular complexity index is 586. The molecule has 106 valence electrons. The lowest BCUT2D eigenvalue weighted by molar-refractivity contribution is -0.115. The van der Waals surface area contributed by atoms with Gasteiger partial charge in [0, 0.05) is 10.2 Å². The van der Waals surface area contributed by atoms with E-state index in [1.165, 1.54) is 16.9 Å². The van der Waals surface area contributed by atoms with Crippen molar-refractivity contribution in [2.75, 3.05) is 5.32 Å². The first-order valence-electron chi connectivity index (χ1n) is 6.01. The van der Waals surface area contributed by atoms with Gasteiger partial charge in [-0.3, -0.25) is 10.1 Å². The second-order valence-electron chi connectivity index (χ2n) is 4.20. The minimum Gasteiger partial charge on any atom is -0.300 e. The van der Waals surface area contributed by atoms with Gasteiger partial charge >= 0.3 is 0 Å². The lowest BCUT2D eigenvalue weighted by Crippen LogP contribution is -2.22. The molecule has 0 unspecified atom stereocenters. The summed E-state index contributed by atoms with van der Waals surface area (Å²) in [4.78, 5) is 12.0. The summed E-state index contributed by atoms with van der Waals surface area (Å²) in [5.41, 5.74) is 1.20. The predicted molar refractivity (Wildman–Crippen MR) is 88.2 cm³/mol. The number of benzene rings is 1. The third-order valence-electron chi connectivity index (χ3n) is 2.54. The highest BCUT2D eigenvalue weighted by Gasteiger charge is 2.15. The highest BCUT2D eigenvalue weighted by atomic mass is 79.9. The number of hydrogen-bond acceptors (Lipinski definition) is 5. The number of carbonyl (C=O) groups is 1. The number of carbonyl (C=O) groups excluding carboxylic acids is 1. The standard InChI is InChI=1S/C13H14BrN3OS2/c1-8(12(18)15-13-17-16-9(2)20-13)19-7-10-3-5-11(14)6-4-10/h3-6,8H,7H2,1-2H3,(H,15,17,18)/t8-/m0/s1. The smallest absolute Gasteiger partial charge is 0.239 e. The number of amides is 1. The molecular formula is C13H14BrN3OS2. The fraction of sp³-hybridized carbons (Fsp3) is 0.308. The molecule has 20 heavy (non-hydrogen) atoms. The molecular weight excluding hydrogens is 358 g/mol. The topological polar surface area (TPSA) is 54.9 Å². The zero-order valence-electron chi connectivity index (χ0n) is 11.1. The molecule has 1 heterocycles. The van der Waals surface area contributed by atoms with Gasteiger partial charge in [-0.25, -0.2) is 0 Å². The lowest BCUT2D eigenvalue weighted by atomic mass is 10.2. The number of hydrogen-bond donors (Lipinski definition) is 1. The van der Waals surface area contributed by atoms with E-state index in [2.05, 4.69) is 43.6 Å². The maximum atomic E-state index is 12.0. The molecule has 0 bridgehead atoms. The van der Waals surface area contributed by atoms with Crippen LogP contribution in [0.1, 0.15) is 17.5 Å². The molecule has 0 saturated carbocycles. The van der Waals surface area contributed by atoms with Crippen LogP contribution < -0.4 is 5.32 Å². The monoisotopic (exact) mass is 371 g/mol. The molecule has 1 amide bonds. The number of aromatic nitrogens is 2. The summed E-state index contributed by atoms with van der Waals surface area (Å²) >= 11 is 6.38. The zero-order chi connectivity index (χ0) is 14.5. The molecule has 2 aromatic rings. The fourth-order valence-electron chi connectivity index (χ4n) is 1.43. The van der Waals surface area contributed by atoms with E-state index < -0.39 is 0 Å². The van der Waals surface area contributed by atoms with Crippen molar-refractivity contribution in [3.8, 4) is 0 Å². The molecule has 1 N–H and O–H groups in total. The Morgan fingerprint density at radius 3 is 2.70 bits per heavy atom. The van der Waals surface area contributed by atoms with Crippen LogP contribution in [0.5, 0.6) is 0 Å². The van der Waals surface area contributed by atoms with Crippen molar-refractivity contribution in [1.29, 1.82) is 0 Å². The number of anilines is 1. The van der Waals surface area contributed by atoms with Crippen molar-refractivity contribution in [3.63, 3.8) is 0 Å². The molecule has 0 aliphatic carbocycles. The number of aryl methyl sites for hydroxylation is 1. The molecule has 2 rings (SSSR count). The van der Waals surface area contributed by atoms with Gasteiger partial charge in [0.25, 0.3) is 0 Å². The Morgan fingerprint density at radius 1 is 1.40 bits per heavy atom. The number of thioether (sulfide) groups is 1. The van der Waals surface area contributed by atoms with Crippen LogP contribution in [-0.4, -0.2) is 21.4 Å². The summed E-state index contributed by atoms with van der Waals surface area (Å²) in [6.45, 7) is 3.76. The third-order valence-corrected chi connectivity index (χ3v) is 5.04. The first kappa shape index (κ1) is 15.5. The molecule has 1 atom stereocenters. The van der Waals surface area contributed by atoms with Gasteiger partial charge in [0.15, 0.2) is 0 Å². The molecule has 1 aromatic carbocycles. The minimum atomic E-state index is -0.136. The summed E-state index contributed by atoms with van der Waals surface area (Å²) in [6.07, 6.45) is 0. The summed E-state index contributed by atoms with van der Waals surface area (Å²) in [6, 6.07) is 8.11. The van der Waals surface area contributed by atoms with Gasteiger partial charge in [-0.05, 0) is 31.5 Å². The maximum absolute atomic E-state index is 12.0. The van der Waals surface area contributed by atoms with Crippen LogP contribution in [0.3, 0.4) is 0 Å². The van der Waals surface area contributed by atoms with Crippen molar-refractivity contribution in [1.82, 2.24) is 10.2 Å². The minimum absolute atomic E-state index is 0.0386. The Kier molecular flexibility index (Phi) is 5.56. The summed E-state index contributed by atoms with van der Waals surface area (Å²) in [5, 5.41) is 11.8. The van der Waals surface area contributed by atoms with Gasteiger partial charge < -0.3 is 0 Å². The van der Waals surface area contributed by atoms with Crippen LogP contribution in [0, 0.1) is 6.92 Å². The highest BCUT2D eigenvalue weighted by molar-refractivity contribution is 9.10. The Morgan fingerprint density at radius 2 is 2.10 bits per heavy atom. The molecule has 0 radical (unpaired) electrons. The zero-order valence-corrected chi connectivity index (χ0v) is 14.3. The van der Waals surface area contributed by atoms with Crippen LogP contribution in [0.25, 0.3) is 0 Å². The number of rotatable bonds is 5. The summed E-state index contributed by atoms with van der Waals surface area (Å²) in [5.74, 6) is 0.764. The summed E-state index contributed by atoms with van der Waals surface area (Å²) < 4.78 is 1.06. The fourth-order valence-corrected chi connectivity index (χ4v) is 3.14. The largest absolute Gasteiger partial charge is 0.300 e. The maximum Gasteiger partial charge on any atom is 0.239 e. The number of nitrogens with one attached hydrogen (secondary N) is 1. The first-order valence-corrected chi connectivity index (χ1v) is 8.67. The average Bonchev–Trinajstić information content (AvgIpc) is 2.83. The van der Waals surface area contributed by atoms with E-state index >= 15 is 0 Å². The van der Waals surface area contributed by atoms with Crippen LogP contribution in [0.15, 0.2) is 28.7 Å². The molecule has 4 nitrogen and oxygen atoms in total. The number of halogens is 1. The molecule has 0 aliphatic heterocycles. The van der Waals surface area contributed by atoms with Gasteiger partial charge in [-0.2, -0.15) is 0 Å². The Labute approximate surface area is 134 Å². The SMILES string of the molecule is Cc1nnc(NC(=O)[C@H](C)SCc2ccc(Br)cc2)s1. The van der Waals surface area contributed by atoms with Crippen LogP contribution in [-0.2, 0) is 10.5 Å². The van der Waals surface area contributed by atoms with Gasteiger partial charge in [0.1, 0.15) is 5.01 Å². The van der Waals surface area contributed by atoms with E-state index in [9.17, 15) is 4.79 Å². The second-order valence-corrected chi connectivity index (χ2v) is 7.62. The average molecular weight is 372 g/mol. The molecule has 1 aromatic heterocycles. The van der Waals surface area contributed by atoms with Gasteiger partial charge in [0.2, 0.25) is 11.0 Å². The van der Waals surface area contributed by atoms with E-state index in [-0.39, 0.29) is 11.2 Å². The third kappa shape index (κ3) is 4.57. The van der Waals surface area contributed by atoms with Gasteiger partial charge in [-0.15, -0.1) is 22.0 Å². The molecule has 0 spiro atoms. The van der Waals surface area contributed by atoms with Crippen LogP contribution >= 0.6 is 39.0 Å². The second kappa shape index (κ2) is 7.19. The van der Waals surface area contributed by atoms with Gasteiger partial charge in [-0.1, -0.05) is 39.4 Å². The van der Waals surface area contributed by atoms with E-state index in [0.29, 0.717) is 5.13 Å². The van der Waals surface area contributed by atoms with E-state index in [4.69, 9.17) is 0 Å². The lowest BCUT2D eigenvalue weighted by Gasteiger charge is -2.10. The Hall–Kier alpha value is -0.920. The van der Waals surface area contributed by atoms with Crippen molar-refractivity contribution < 1.29 is 4.79 Å². The van der Waals surface area contributed by atoms with E-state index in [1.54, 1.807) is 11.8 Å². The number of nitrogens with zero attached hydrogens (tertiary/aromatic N) is 2. The first-order chi connectivity index (χ1) is 9.54.